The minimum atomic E-state index is -3.70. The third kappa shape index (κ3) is 6.35. The van der Waals surface area contributed by atoms with Crippen LogP contribution in [0.2, 0.25) is 0 Å². The van der Waals surface area contributed by atoms with Gasteiger partial charge in [0.25, 0.3) is 10.0 Å². The maximum Gasteiger partial charge on any atom is 0.261 e. The zero-order valence-corrected chi connectivity index (χ0v) is 22.8. The Morgan fingerprint density at radius 3 is 2.28 bits per heavy atom. The van der Waals surface area contributed by atoms with Gasteiger partial charge in [-0.1, -0.05) is 61.5 Å². The van der Waals surface area contributed by atoms with Crippen LogP contribution in [0, 0.1) is 5.92 Å². The highest BCUT2D eigenvalue weighted by atomic mass is 32.2. The molecular formula is C30H36N2O6S. The standard InChI is InChI=1S/C30H36N2O6S/c1-21-28(18-32-17-5-6-26(32)20-34)37-30(38-29(21)23-11-9-22(19-33)10-12-23)24-13-15-25(16-14-24)31-39(35,36)27-7-3-2-4-8-27/h2-4,7-16,21,26,28-31,33-34H,5-6,17-20H2,1H3. The van der Waals surface area contributed by atoms with Crippen LogP contribution in [0.3, 0.4) is 0 Å². The van der Waals surface area contributed by atoms with E-state index >= 15 is 0 Å². The first kappa shape index (κ1) is 27.8. The van der Waals surface area contributed by atoms with E-state index < -0.39 is 16.3 Å². The van der Waals surface area contributed by atoms with Crippen molar-refractivity contribution >= 4 is 15.7 Å². The van der Waals surface area contributed by atoms with Gasteiger partial charge in [-0.15, -0.1) is 0 Å². The maximum absolute atomic E-state index is 12.7. The second-order valence-electron chi connectivity index (χ2n) is 10.3. The Bertz CT molecular complexity index is 1320. The van der Waals surface area contributed by atoms with Crippen molar-refractivity contribution in [2.75, 3.05) is 24.4 Å². The summed E-state index contributed by atoms with van der Waals surface area (Å²) < 4.78 is 41.1. The van der Waals surface area contributed by atoms with E-state index in [4.69, 9.17) is 9.47 Å². The smallest absolute Gasteiger partial charge is 0.261 e. The summed E-state index contributed by atoms with van der Waals surface area (Å²) in [6.45, 7) is 3.85. The largest absolute Gasteiger partial charge is 0.395 e. The highest BCUT2D eigenvalue weighted by molar-refractivity contribution is 7.92. The van der Waals surface area contributed by atoms with Gasteiger partial charge in [0.05, 0.1) is 30.3 Å². The molecule has 9 heteroatoms. The van der Waals surface area contributed by atoms with Crippen molar-refractivity contribution in [1.82, 2.24) is 4.90 Å². The number of likely N-dealkylation sites (tertiary alicyclic amines) is 1. The lowest BCUT2D eigenvalue weighted by Crippen LogP contribution is -2.46. The van der Waals surface area contributed by atoms with E-state index in [1.165, 1.54) is 0 Å². The number of aliphatic hydroxyl groups is 2. The van der Waals surface area contributed by atoms with Crippen LogP contribution < -0.4 is 4.72 Å². The summed E-state index contributed by atoms with van der Waals surface area (Å²) >= 11 is 0. The van der Waals surface area contributed by atoms with E-state index in [0.717, 1.165) is 36.1 Å². The molecule has 208 valence electrons. The first-order chi connectivity index (χ1) is 18.9. The average Bonchev–Trinajstić information content (AvgIpc) is 3.42. The van der Waals surface area contributed by atoms with Crippen LogP contribution in [-0.2, 0) is 26.1 Å². The molecule has 0 radical (unpaired) electrons. The van der Waals surface area contributed by atoms with Crippen molar-refractivity contribution < 1.29 is 28.1 Å². The summed E-state index contributed by atoms with van der Waals surface area (Å²) in [6.07, 6.45) is 0.995. The number of hydrogen-bond donors (Lipinski definition) is 3. The highest BCUT2D eigenvalue weighted by Crippen LogP contribution is 2.42. The van der Waals surface area contributed by atoms with E-state index in [-0.39, 0.29) is 42.3 Å². The van der Waals surface area contributed by atoms with Crippen LogP contribution >= 0.6 is 0 Å². The van der Waals surface area contributed by atoms with Crippen LogP contribution in [0.5, 0.6) is 0 Å². The Hall–Kier alpha value is -2.79. The van der Waals surface area contributed by atoms with E-state index in [1.807, 2.05) is 36.4 Å². The van der Waals surface area contributed by atoms with Gasteiger partial charge in [-0.05, 0) is 54.8 Å². The fourth-order valence-electron chi connectivity index (χ4n) is 5.42. The first-order valence-electron chi connectivity index (χ1n) is 13.4. The minimum Gasteiger partial charge on any atom is -0.395 e. The molecule has 3 aromatic carbocycles. The summed E-state index contributed by atoms with van der Waals surface area (Å²) in [5.41, 5.74) is 3.07. The molecule has 2 heterocycles. The van der Waals surface area contributed by atoms with Gasteiger partial charge in [-0.3, -0.25) is 9.62 Å². The fourth-order valence-corrected chi connectivity index (χ4v) is 6.50. The number of ether oxygens (including phenoxy) is 2. The van der Waals surface area contributed by atoms with Crippen molar-refractivity contribution in [3.05, 3.63) is 95.6 Å². The number of sulfonamides is 1. The number of benzene rings is 3. The van der Waals surface area contributed by atoms with Gasteiger partial charge in [-0.2, -0.15) is 0 Å². The Kier molecular flexibility index (Phi) is 8.66. The molecule has 2 saturated heterocycles. The van der Waals surface area contributed by atoms with Crippen LogP contribution in [0.25, 0.3) is 0 Å². The molecule has 2 aliphatic rings. The highest BCUT2D eigenvalue weighted by Gasteiger charge is 2.40. The molecular weight excluding hydrogens is 516 g/mol. The number of aliphatic hydroxyl groups excluding tert-OH is 2. The lowest BCUT2D eigenvalue weighted by Gasteiger charge is -2.43. The molecule has 3 N–H and O–H groups in total. The zero-order chi connectivity index (χ0) is 27.4. The van der Waals surface area contributed by atoms with Crippen LogP contribution in [0.1, 0.15) is 48.8 Å². The number of hydrogen-bond acceptors (Lipinski definition) is 7. The molecule has 5 atom stereocenters. The molecule has 5 rings (SSSR count). The van der Waals surface area contributed by atoms with E-state index in [9.17, 15) is 18.6 Å². The summed E-state index contributed by atoms with van der Waals surface area (Å²) in [5.74, 6) is 0.0399. The summed E-state index contributed by atoms with van der Waals surface area (Å²) in [5, 5.41) is 19.3. The summed E-state index contributed by atoms with van der Waals surface area (Å²) in [4.78, 5) is 2.50. The predicted molar refractivity (Wildman–Crippen MR) is 148 cm³/mol. The van der Waals surface area contributed by atoms with Gasteiger partial charge in [0, 0.05) is 29.8 Å². The van der Waals surface area contributed by atoms with E-state index in [1.54, 1.807) is 42.5 Å². The topological polar surface area (TPSA) is 108 Å². The van der Waals surface area contributed by atoms with Crippen molar-refractivity contribution in [3.63, 3.8) is 0 Å². The quantitative estimate of drug-likeness (QED) is 0.365. The number of anilines is 1. The van der Waals surface area contributed by atoms with Crippen LogP contribution in [0.15, 0.2) is 83.8 Å². The van der Waals surface area contributed by atoms with Gasteiger partial charge in [0.2, 0.25) is 0 Å². The Morgan fingerprint density at radius 1 is 0.923 bits per heavy atom. The molecule has 0 spiro atoms. The Balaban J connectivity index is 1.37. The first-order valence-corrected chi connectivity index (χ1v) is 14.9. The van der Waals surface area contributed by atoms with E-state index in [0.29, 0.717) is 12.2 Å². The van der Waals surface area contributed by atoms with E-state index in [2.05, 4.69) is 16.5 Å². The fraction of sp³-hybridized carbons (Fsp3) is 0.400. The van der Waals surface area contributed by atoms with Crippen molar-refractivity contribution in [2.24, 2.45) is 5.92 Å². The number of nitrogens with zero attached hydrogens (tertiary/aromatic N) is 1. The molecule has 39 heavy (non-hydrogen) atoms. The molecule has 0 saturated carbocycles. The summed E-state index contributed by atoms with van der Waals surface area (Å²) in [6, 6.07) is 23.2. The monoisotopic (exact) mass is 552 g/mol. The SMILES string of the molecule is CC1C(CN2CCCC2CO)OC(c2ccc(NS(=O)(=O)c3ccccc3)cc2)OC1c1ccc(CO)cc1. The van der Waals surface area contributed by atoms with Gasteiger partial charge in [0.15, 0.2) is 6.29 Å². The van der Waals surface area contributed by atoms with Crippen molar-refractivity contribution in [2.45, 2.75) is 55.8 Å². The van der Waals surface area contributed by atoms with Crippen LogP contribution in [0.4, 0.5) is 5.69 Å². The number of nitrogens with one attached hydrogen (secondary N) is 1. The van der Waals surface area contributed by atoms with Gasteiger partial charge < -0.3 is 19.7 Å². The van der Waals surface area contributed by atoms with Gasteiger partial charge in [0.1, 0.15) is 0 Å². The molecule has 0 aromatic heterocycles. The van der Waals surface area contributed by atoms with Crippen molar-refractivity contribution in [1.29, 1.82) is 0 Å². The lowest BCUT2D eigenvalue weighted by atomic mass is 9.90. The van der Waals surface area contributed by atoms with Crippen LogP contribution in [-0.4, -0.2) is 55.4 Å². The molecule has 2 fully saturated rings. The molecule has 2 aliphatic heterocycles. The third-order valence-corrected chi connectivity index (χ3v) is 9.13. The molecule has 3 aromatic rings. The van der Waals surface area contributed by atoms with Gasteiger partial charge in [-0.25, -0.2) is 8.42 Å². The minimum absolute atomic E-state index is 0.0202. The predicted octanol–water partition coefficient (Wildman–Crippen LogP) is 4.23. The second-order valence-corrected chi connectivity index (χ2v) is 12.0. The Labute approximate surface area is 230 Å². The third-order valence-electron chi connectivity index (χ3n) is 7.74. The molecule has 0 bridgehead atoms. The molecule has 0 amide bonds. The maximum atomic E-state index is 12.7. The van der Waals surface area contributed by atoms with Gasteiger partial charge >= 0.3 is 0 Å². The summed E-state index contributed by atoms with van der Waals surface area (Å²) in [7, 11) is -3.70. The molecule has 8 nitrogen and oxygen atoms in total. The average molecular weight is 553 g/mol. The number of rotatable bonds is 9. The van der Waals surface area contributed by atoms with Crippen molar-refractivity contribution in [3.8, 4) is 0 Å². The second kappa shape index (κ2) is 12.2. The zero-order valence-electron chi connectivity index (χ0n) is 22.0. The lowest BCUT2D eigenvalue weighted by molar-refractivity contribution is -0.276. The normalized spacial score (nSPS) is 26.0. The molecule has 0 aliphatic carbocycles. The molecule has 5 unspecified atom stereocenters. The Morgan fingerprint density at radius 2 is 1.62 bits per heavy atom.